The van der Waals surface area contributed by atoms with Crippen molar-refractivity contribution >= 4 is 0 Å². The van der Waals surface area contributed by atoms with Gasteiger partial charge in [0, 0.05) is 6.61 Å². The van der Waals surface area contributed by atoms with Crippen LogP contribution in [0, 0.1) is 11.8 Å². The summed E-state index contributed by atoms with van der Waals surface area (Å²) in [7, 11) is 0. The zero-order chi connectivity index (χ0) is 8.10. The van der Waals surface area contributed by atoms with E-state index < -0.39 is 0 Å². The minimum absolute atomic E-state index is 0.415. The highest BCUT2D eigenvalue weighted by atomic mass is 16.3. The second kappa shape index (κ2) is 4.76. The lowest BCUT2D eigenvalue weighted by molar-refractivity contribution is 0.164. The summed E-state index contributed by atoms with van der Waals surface area (Å²) in [6.45, 7) is 2.66. The molecule has 0 aromatic carbocycles. The molecule has 66 valence electrons. The van der Waals surface area contributed by atoms with E-state index in [0.29, 0.717) is 12.5 Å². The molecule has 2 unspecified atom stereocenters. The largest absolute Gasteiger partial charge is 0.396 e. The molecule has 0 radical (unpaired) electrons. The summed E-state index contributed by atoms with van der Waals surface area (Å²) in [5, 5.41) is 9.12. The Labute approximate surface area is 69.8 Å². The molecule has 1 heteroatoms. The summed E-state index contributed by atoms with van der Waals surface area (Å²) in [4.78, 5) is 0. The van der Waals surface area contributed by atoms with Crippen molar-refractivity contribution in [2.24, 2.45) is 11.8 Å². The third-order valence-electron chi connectivity index (χ3n) is 3.08. The van der Waals surface area contributed by atoms with Crippen LogP contribution in [0.25, 0.3) is 0 Å². The Kier molecular flexibility index (Phi) is 3.92. The molecule has 0 aliphatic heterocycles. The van der Waals surface area contributed by atoms with E-state index in [1.54, 1.807) is 0 Å². The van der Waals surface area contributed by atoms with Crippen LogP contribution in [0.15, 0.2) is 0 Å². The lowest BCUT2D eigenvalue weighted by Crippen LogP contribution is -2.16. The Morgan fingerprint density at radius 2 is 1.73 bits per heavy atom. The molecule has 0 heterocycles. The number of aliphatic hydroxyl groups excluding tert-OH is 1. The first-order valence-corrected chi connectivity index (χ1v) is 4.99. The van der Waals surface area contributed by atoms with Crippen molar-refractivity contribution in [3.05, 3.63) is 0 Å². The zero-order valence-electron chi connectivity index (χ0n) is 7.55. The molecule has 1 aliphatic carbocycles. The van der Waals surface area contributed by atoms with Gasteiger partial charge in [0.25, 0.3) is 0 Å². The Morgan fingerprint density at radius 3 is 2.27 bits per heavy atom. The van der Waals surface area contributed by atoms with Crippen LogP contribution in [0.3, 0.4) is 0 Å². The van der Waals surface area contributed by atoms with E-state index >= 15 is 0 Å². The summed E-state index contributed by atoms with van der Waals surface area (Å²) < 4.78 is 0. The fraction of sp³-hybridized carbons (Fsp3) is 1.00. The highest BCUT2D eigenvalue weighted by molar-refractivity contribution is 4.72. The molecule has 1 N–H and O–H groups in total. The first-order chi connectivity index (χ1) is 5.38. The van der Waals surface area contributed by atoms with Crippen LogP contribution in [-0.2, 0) is 0 Å². The summed E-state index contributed by atoms with van der Waals surface area (Å²) in [5.74, 6) is 1.42. The smallest absolute Gasteiger partial charge is 0.0461 e. The average Bonchev–Trinajstić information content (AvgIpc) is 2.27. The molecule has 1 saturated carbocycles. The molecule has 1 aliphatic rings. The van der Waals surface area contributed by atoms with Crippen molar-refractivity contribution in [2.45, 2.75) is 45.4 Å². The first kappa shape index (κ1) is 9.05. The molecular weight excluding hydrogens is 136 g/mol. The van der Waals surface area contributed by atoms with Crippen LogP contribution < -0.4 is 0 Å². The van der Waals surface area contributed by atoms with Gasteiger partial charge in [-0.15, -0.1) is 0 Å². The molecule has 0 amide bonds. The molecule has 0 spiro atoms. The zero-order valence-corrected chi connectivity index (χ0v) is 7.55. The van der Waals surface area contributed by atoms with Crippen molar-refractivity contribution in [3.63, 3.8) is 0 Å². The SMILES string of the molecule is CCC1CCCCCC1CO. The molecule has 0 aromatic heterocycles. The normalized spacial score (nSPS) is 33.3. The van der Waals surface area contributed by atoms with Crippen molar-refractivity contribution in [3.8, 4) is 0 Å². The van der Waals surface area contributed by atoms with E-state index in [-0.39, 0.29) is 0 Å². The fourth-order valence-electron chi connectivity index (χ4n) is 2.24. The average molecular weight is 156 g/mol. The first-order valence-electron chi connectivity index (χ1n) is 4.99. The number of hydrogen-bond acceptors (Lipinski definition) is 1. The maximum Gasteiger partial charge on any atom is 0.0461 e. The maximum absolute atomic E-state index is 9.12. The van der Waals surface area contributed by atoms with Crippen molar-refractivity contribution in [2.75, 3.05) is 6.61 Å². The van der Waals surface area contributed by atoms with Gasteiger partial charge in [0.15, 0.2) is 0 Å². The highest BCUT2D eigenvalue weighted by Crippen LogP contribution is 2.30. The molecule has 0 aromatic rings. The van der Waals surface area contributed by atoms with Gasteiger partial charge in [0.1, 0.15) is 0 Å². The Morgan fingerprint density at radius 1 is 1.09 bits per heavy atom. The van der Waals surface area contributed by atoms with Crippen LogP contribution in [0.2, 0.25) is 0 Å². The third-order valence-corrected chi connectivity index (χ3v) is 3.08. The Balaban J connectivity index is 2.41. The quantitative estimate of drug-likeness (QED) is 0.609. The van der Waals surface area contributed by atoms with E-state index in [1.165, 1.54) is 38.5 Å². The topological polar surface area (TPSA) is 20.2 Å². The summed E-state index contributed by atoms with van der Waals surface area (Å²) in [5.41, 5.74) is 0. The molecular formula is C10H20O. The van der Waals surface area contributed by atoms with E-state index in [1.807, 2.05) is 0 Å². The van der Waals surface area contributed by atoms with Gasteiger partial charge in [0.2, 0.25) is 0 Å². The third kappa shape index (κ3) is 2.48. The summed E-state index contributed by atoms with van der Waals surface area (Å²) in [6, 6.07) is 0. The Hall–Kier alpha value is -0.0400. The number of hydrogen-bond donors (Lipinski definition) is 1. The van der Waals surface area contributed by atoms with E-state index in [0.717, 1.165) is 5.92 Å². The lowest BCUT2D eigenvalue weighted by Gasteiger charge is -2.21. The summed E-state index contributed by atoms with van der Waals surface area (Å²) in [6.07, 6.45) is 7.96. The van der Waals surface area contributed by atoms with Crippen molar-refractivity contribution < 1.29 is 5.11 Å². The molecule has 11 heavy (non-hydrogen) atoms. The van der Waals surface area contributed by atoms with E-state index in [2.05, 4.69) is 6.92 Å². The molecule has 0 bridgehead atoms. The summed E-state index contributed by atoms with van der Waals surface area (Å²) >= 11 is 0. The van der Waals surface area contributed by atoms with Crippen molar-refractivity contribution in [1.82, 2.24) is 0 Å². The van der Waals surface area contributed by atoms with Gasteiger partial charge < -0.3 is 5.11 Å². The lowest BCUT2D eigenvalue weighted by atomic mass is 9.87. The standard InChI is InChI=1S/C10H20O/c1-2-9-6-4-3-5-7-10(9)8-11/h9-11H,2-8H2,1H3. The van der Waals surface area contributed by atoms with Crippen molar-refractivity contribution in [1.29, 1.82) is 0 Å². The molecule has 1 rings (SSSR count). The highest BCUT2D eigenvalue weighted by Gasteiger charge is 2.20. The predicted molar refractivity (Wildman–Crippen MR) is 47.4 cm³/mol. The monoisotopic (exact) mass is 156 g/mol. The Bertz CT molecular complexity index is 89.0. The van der Waals surface area contributed by atoms with Gasteiger partial charge in [-0.3, -0.25) is 0 Å². The maximum atomic E-state index is 9.12. The fourth-order valence-corrected chi connectivity index (χ4v) is 2.24. The minimum Gasteiger partial charge on any atom is -0.396 e. The number of rotatable bonds is 2. The van der Waals surface area contributed by atoms with Crippen LogP contribution in [0.4, 0.5) is 0 Å². The molecule has 0 saturated heterocycles. The van der Waals surface area contributed by atoms with Gasteiger partial charge in [-0.1, -0.05) is 39.0 Å². The minimum atomic E-state index is 0.415. The number of aliphatic hydroxyl groups is 1. The second-order valence-electron chi connectivity index (χ2n) is 3.75. The van der Waals surface area contributed by atoms with Gasteiger partial charge in [-0.25, -0.2) is 0 Å². The second-order valence-corrected chi connectivity index (χ2v) is 3.75. The van der Waals surface area contributed by atoms with Gasteiger partial charge >= 0.3 is 0 Å². The van der Waals surface area contributed by atoms with Crippen LogP contribution in [0.5, 0.6) is 0 Å². The van der Waals surface area contributed by atoms with Gasteiger partial charge in [-0.2, -0.15) is 0 Å². The van der Waals surface area contributed by atoms with E-state index in [9.17, 15) is 0 Å². The molecule has 1 fully saturated rings. The molecule has 2 atom stereocenters. The van der Waals surface area contributed by atoms with Crippen LogP contribution >= 0.6 is 0 Å². The van der Waals surface area contributed by atoms with Gasteiger partial charge in [-0.05, 0) is 18.3 Å². The van der Waals surface area contributed by atoms with Crippen LogP contribution in [-0.4, -0.2) is 11.7 Å². The predicted octanol–water partition coefficient (Wildman–Crippen LogP) is 2.59. The van der Waals surface area contributed by atoms with Crippen LogP contribution in [0.1, 0.15) is 45.4 Å². The van der Waals surface area contributed by atoms with E-state index in [4.69, 9.17) is 5.11 Å². The van der Waals surface area contributed by atoms with Gasteiger partial charge in [0.05, 0.1) is 0 Å². The molecule has 1 nitrogen and oxygen atoms in total.